The van der Waals surface area contributed by atoms with Gasteiger partial charge < -0.3 is 4.98 Å². The fourth-order valence-corrected chi connectivity index (χ4v) is 1.78. The van der Waals surface area contributed by atoms with Crippen LogP contribution >= 0.6 is 0 Å². The summed E-state index contributed by atoms with van der Waals surface area (Å²) in [5, 5.41) is 0. The minimum atomic E-state index is 0.0995. The molecule has 1 heterocycles. The molecule has 0 fully saturated rings. The van der Waals surface area contributed by atoms with Gasteiger partial charge in [0, 0.05) is 11.3 Å². The average molecular weight is 228 g/mol. The van der Waals surface area contributed by atoms with Gasteiger partial charge in [-0.25, -0.2) is 4.98 Å². The summed E-state index contributed by atoms with van der Waals surface area (Å²) in [5.74, 6) is 0.842. The Morgan fingerprint density at radius 1 is 1.29 bits per heavy atom. The molecular weight excluding hydrogens is 212 g/mol. The Bertz CT molecular complexity index is 536. The molecule has 17 heavy (non-hydrogen) atoms. The first kappa shape index (κ1) is 11.6. The van der Waals surface area contributed by atoms with Gasteiger partial charge in [-0.3, -0.25) is 4.79 Å². The van der Waals surface area contributed by atoms with Gasteiger partial charge in [0.2, 0.25) is 0 Å². The monoisotopic (exact) mass is 228 g/mol. The Hall–Kier alpha value is -1.90. The van der Waals surface area contributed by atoms with Gasteiger partial charge in [0.15, 0.2) is 5.78 Å². The summed E-state index contributed by atoms with van der Waals surface area (Å²) in [6, 6.07) is 7.64. The first-order valence-corrected chi connectivity index (χ1v) is 5.68. The number of aromatic amines is 1. The van der Waals surface area contributed by atoms with Gasteiger partial charge in [-0.1, -0.05) is 23.8 Å². The van der Waals surface area contributed by atoms with Crippen molar-refractivity contribution in [2.24, 2.45) is 0 Å². The summed E-state index contributed by atoms with van der Waals surface area (Å²) in [6.07, 6.45) is 0.331. The fourth-order valence-electron chi connectivity index (χ4n) is 1.78. The van der Waals surface area contributed by atoms with E-state index in [1.165, 1.54) is 0 Å². The van der Waals surface area contributed by atoms with Crippen LogP contribution in [-0.4, -0.2) is 15.8 Å². The predicted octanol–water partition coefficient (Wildman–Crippen LogP) is 2.76. The Morgan fingerprint density at radius 2 is 2.06 bits per heavy atom. The zero-order valence-corrected chi connectivity index (χ0v) is 10.4. The fraction of sp³-hybridized carbons (Fsp3) is 0.286. The summed E-state index contributed by atoms with van der Waals surface area (Å²) in [7, 11) is 0. The molecule has 1 N–H and O–H groups in total. The molecule has 0 aliphatic carbocycles. The van der Waals surface area contributed by atoms with Crippen molar-refractivity contribution in [1.82, 2.24) is 9.97 Å². The van der Waals surface area contributed by atoms with E-state index >= 15 is 0 Å². The molecule has 1 aromatic carbocycles. The van der Waals surface area contributed by atoms with Crippen LogP contribution in [0.2, 0.25) is 0 Å². The zero-order valence-electron chi connectivity index (χ0n) is 10.4. The Kier molecular flexibility index (Phi) is 3.09. The van der Waals surface area contributed by atoms with Crippen molar-refractivity contribution < 1.29 is 4.79 Å². The number of H-pyrrole nitrogens is 1. The number of carbonyl (C=O) groups excluding carboxylic acids is 1. The largest absolute Gasteiger partial charge is 0.345 e. The molecule has 0 atom stereocenters. The number of aromatic nitrogens is 2. The maximum absolute atomic E-state index is 12.0. The van der Waals surface area contributed by atoms with E-state index in [1.54, 1.807) is 0 Å². The van der Waals surface area contributed by atoms with Crippen LogP contribution in [-0.2, 0) is 6.42 Å². The highest BCUT2D eigenvalue weighted by Crippen LogP contribution is 2.09. The number of rotatable bonds is 3. The number of hydrogen-bond donors (Lipinski definition) is 1. The van der Waals surface area contributed by atoms with Crippen molar-refractivity contribution in [3.05, 3.63) is 52.6 Å². The molecule has 88 valence electrons. The highest BCUT2D eigenvalue weighted by atomic mass is 16.1. The van der Waals surface area contributed by atoms with Gasteiger partial charge in [0.1, 0.15) is 5.82 Å². The third kappa shape index (κ3) is 2.61. The Labute approximate surface area is 101 Å². The standard InChI is InChI=1S/C14H16N2O/c1-9-5-4-6-12(7-9)13(17)8-14-15-10(2)11(3)16-14/h4-7H,8H2,1-3H3,(H,15,16). The molecular formula is C14H16N2O. The third-order valence-corrected chi connectivity index (χ3v) is 2.85. The highest BCUT2D eigenvalue weighted by molar-refractivity contribution is 5.97. The van der Waals surface area contributed by atoms with Gasteiger partial charge in [-0.2, -0.15) is 0 Å². The summed E-state index contributed by atoms with van der Waals surface area (Å²) >= 11 is 0. The van der Waals surface area contributed by atoms with Crippen LogP contribution in [0.1, 0.15) is 33.1 Å². The maximum Gasteiger partial charge on any atom is 0.170 e. The van der Waals surface area contributed by atoms with Crippen LogP contribution in [0.25, 0.3) is 0 Å². The summed E-state index contributed by atoms with van der Waals surface area (Å²) in [4.78, 5) is 19.5. The maximum atomic E-state index is 12.0. The normalized spacial score (nSPS) is 10.5. The van der Waals surface area contributed by atoms with Crippen LogP contribution in [0.4, 0.5) is 0 Å². The minimum absolute atomic E-state index is 0.0995. The second kappa shape index (κ2) is 4.53. The second-order valence-corrected chi connectivity index (χ2v) is 4.36. The predicted molar refractivity (Wildman–Crippen MR) is 67.3 cm³/mol. The number of Topliss-reactive ketones (excluding diaryl/α,β-unsaturated/α-hetero) is 1. The summed E-state index contributed by atoms with van der Waals surface area (Å²) in [5.41, 5.74) is 3.83. The van der Waals surface area contributed by atoms with E-state index in [4.69, 9.17) is 0 Å². The van der Waals surface area contributed by atoms with E-state index in [0.717, 1.165) is 28.3 Å². The van der Waals surface area contributed by atoms with Crippen molar-refractivity contribution in [2.75, 3.05) is 0 Å². The van der Waals surface area contributed by atoms with Crippen molar-refractivity contribution >= 4 is 5.78 Å². The van der Waals surface area contributed by atoms with Crippen molar-refractivity contribution in [1.29, 1.82) is 0 Å². The van der Waals surface area contributed by atoms with Crippen molar-refractivity contribution in [3.8, 4) is 0 Å². The van der Waals surface area contributed by atoms with E-state index in [9.17, 15) is 4.79 Å². The van der Waals surface area contributed by atoms with Crippen molar-refractivity contribution in [3.63, 3.8) is 0 Å². The van der Waals surface area contributed by atoms with E-state index < -0.39 is 0 Å². The Balaban J connectivity index is 2.17. The number of aryl methyl sites for hydroxylation is 3. The second-order valence-electron chi connectivity index (χ2n) is 4.36. The highest BCUT2D eigenvalue weighted by Gasteiger charge is 2.10. The molecule has 3 nitrogen and oxygen atoms in total. The molecule has 2 aromatic rings. The topological polar surface area (TPSA) is 45.8 Å². The van der Waals surface area contributed by atoms with Gasteiger partial charge in [0.25, 0.3) is 0 Å². The number of carbonyl (C=O) groups is 1. The molecule has 0 bridgehead atoms. The van der Waals surface area contributed by atoms with Crippen LogP contribution in [0, 0.1) is 20.8 Å². The summed E-state index contributed by atoms with van der Waals surface area (Å²) < 4.78 is 0. The Morgan fingerprint density at radius 3 is 2.65 bits per heavy atom. The minimum Gasteiger partial charge on any atom is -0.345 e. The molecule has 0 unspecified atom stereocenters. The lowest BCUT2D eigenvalue weighted by Crippen LogP contribution is -2.05. The number of nitrogens with zero attached hydrogens (tertiary/aromatic N) is 1. The van der Waals surface area contributed by atoms with E-state index in [1.807, 2.05) is 45.0 Å². The lowest BCUT2D eigenvalue weighted by Gasteiger charge is -2.00. The number of hydrogen-bond acceptors (Lipinski definition) is 2. The van der Waals surface area contributed by atoms with Gasteiger partial charge >= 0.3 is 0 Å². The van der Waals surface area contributed by atoms with Crippen LogP contribution in [0.5, 0.6) is 0 Å². The molecule has 0 aliphatic rings. The van der Waals surface area contributed by atoms with Crippen LogP contribution < -0.4 is 0 Å². The molecule has 1 aromatic heterocycles. The molecule has 0 saturated carbocycles. The van der Waals surface area contributed by atoms with Crippen molar-refractivity contribution in [2.45, 2.75) is 27.2 Å². The first-order valence-electron chi connectivity index (χ1n) is 5.68. The molecule has 0 radical (unpaired) electrons. The molecule has 0 aliphatic heterocycles. The number of benzene rings is 1. The smallest absolute Gasteiger partial charge is 0.170 e. The van der Waals surface area contributed by atoms with Gasteiger partial charge in [-0.15, -0.1) is 0 Å². The summed E-state index contributed by atoms with van der Waals surface area (Å²) in [6.45, 7) is 5.88. The van der Waals surface area contributed by atoms with Gasteiger partial charge in [0.05, 0.1) is 12.1 Å². The average Bonchev–Trinajstić information content (AvgIpc) is 2.58. The van der Waals surface area contributed by atoms with Gasteiger partial charge in [-0.05, 0) is 26.8 Å². The molecule has 0 spiro atoms. The quantitative estimate of drug-likeness (QED) is 0.821. The van der Waals surface area contributed by atoms with E-state index in [0.29, 0.717) is 6.42 Å². The van der Waals surface area contributed by atoms with Crippen LogP contribution in [0.3, 0.4) is 0 Å². The lowest BCUT2D eigenvalue weighted by atomic mass is 10.1. The molecule has 0 saturated heterocycles. The molecule has 3 heteroatoms. The third-order valence-electron chi connectivity index (χ3n) is 2.85. The van der Waals surface area contributed by atoms with Crippen LogP contribution in [0.15, 0.2) is 24.3 Å². The first-order chi connectivity index (χ1) is 8.06. The van der Waals surface area contributed by atoms with E-state index in [2.05, 4.69) is 9.97 Å². The van der Waals surface area contributed by atoms with E-state index in [-0.39, 0.29) is 5.78 Å². The SMILES string of the molecule is Cc1cccc(C(=O)Cc2nc(C)c(C)[nH]2)c1. The number of ketones is 1. The lowest BCUT2D eigenvalue weighted by molar-refractivity contribution is 0.0991. The molecule has 0 amide bonds. The molecule has 2 rings (SSSR count). The number of nitrogens with one attached hydrogen (secondary N) is 1. The zero-order chi connectivity index (χ0) is 12.4. The number of imidazole rings is 1.